The van der Waals surface area contributed by atoms with E-state index in [1.165, 1.54) is 6.07 Å². The summed E-state index contributed by atoms with van der Waals surface area (Å²) in [5.74, 6) is -0.364. The molecular weight excluding hydrogens is 295 g/mol. The topological polar surface area (TPSA) is 20.2 Å². The van der Waals surface area contributed by atoms with Gasteiger partial charge in [0.15, 0.2) is 0 Å². The first-order valence-corrected chi connectivity index (χ1v) is 6.67. The Balaban J connectivity index is 2.20. The van der Waals surface area contributed by atoms with Crippen LogP contribution in [0.1, 0.15) is 23.1 Å². The average Bonchev–Trinajstić information content (AvgIpc) is 2.72. The molecule has 1 atom stereocenters. The third-order valence-corrected chi connectivity index (χ3v) is 4.09. The predicted octanol–water partition coefficient (Wildman–Crippen LogP) is 3.77. The van der Waals surface area contributed by atoms with E-state index in [1.54, 1.807) is 12.1 Å². The number of benzene rings is 2. The van der Waals surface area contributed by atoms with Crippen molar-refractivity contribution in [1.82, 2.24) is 0 Å². The largest absolute Gasteiger partial charge is 0.380 e. The van der Waals surface area contributed by atoms with Crippen molar-refractivity contribution in [2.75, 3.05) is 0 Å². The zero-order valence-corrected chi connectivity index (χ0v) is 11.2. The van der Waals surface area contributed by atoms with Gasteiger partial charge in [0.05, 0.1) is 0 Å². The van der Waals surface area contributed by atoms with Crippen molar-refractivity contribution >= 4 is 15.9 Å². The highest BCUT2D eigenvalue weighted by Gasteiger charge is 2.39. The summed E-state index contributed by atoms with van der Waals surface area (Å²) >= 11 is 3.33. The van der Waals surface area contributed by atoms with Crippen molar-refractivity contribution in [3.05, 3.63) is 69.4 Å². The Labute approximate surface area is 113 Å². The van der Waals surface area contributed by atoms with Crippen LogP contribution >= 0.6 is 15.9 Å². The van der Waals surface area contributed by atoms with E-state index < -0.39 is 5.60 Å². The Hall–Kier alpha value is -1.19. The molecule has 2 aromatic carbocycles. The number of aryl methyl sites for hydroxylation is 1. The Morgan fingerprint density at radius 2 is 1.89 bits per heavy atom. The Morgan fingerprint density at radius 3 is 2.72 bits per heavy atom. The Morgan fingerprint density at radius 1 is 1.11 bits per heavy atom. The molecule has 1 N–H and O–H groups in total. The highest BCUT2D eigenvalue weighted by Crippen LogP contribution is 2.43. The summed E-state index contributed by atoms with van der Waals surface area (Å²) in [7, 11) is 0. The van der Waals surface area contributed by atoms with Gasteiger partial charge in [0, 0.05) is 10.0 Å². The lowest BCUT2D eigenvalue weighted by molar-refractivity contribution is 0.0788. The first-order valence-electron chi connectivity index (χ1n) is 5.87. The molecule has 0 aromatic heterocycles. The van der Waals surface area contributed by atoms with E-state index in [0.29, 0.717) is 12.0 Å². The monoisotopic (exact) mass is 306 g/mol. The van der Waals surface area contributed by atoms with E-state index in [1.807, 2.05) is 24.3 Å². The fourth-order valence-corrected chi connectivity index (χ4v) is 3.05. The van der Waals surface area contributed by atoms with Gasteiger partial charge in [0.25, 0.3) is 0 Å². The van der Waals surface area contributed by atoms with Gasteiger partial charge in [0.1, 0.15) is 11.4 Å². The number of halogens is 2. The van der Waals surface area contributed by atoms with E-state index in [4.69, 9.17) is 0 Å². The molecule has 0 saturated heterocycles. The normalized spacial score (nSPS) is 21.9. The molecular formula is C15H12BrFO. The maximum absolute atomic E-state index is 14.0. The molecule has 0 spiro atoms. The van der Waals surface area contributed by atoms with Crippen molar-refractivity contribution < 1.29 is 9.50 Å². The van der Waals surface area contributed by atoms with Crippen molar-refractivity contribution in [3.63, 3.8) is 0 Å². The molecule has 0 aliphatic heterocycles. The van der Waals surface area contributed by atoms with Crippen LogP contribution in [0.15, 0.2) is 46.9 Å². The molecule has 0 saturated carbocycles. The standard InChI is InChI=1S/C15H12BrFO/c16-11-5-6-14(17)13(9-11)15(18)8-7-10-3-1-2-4-12(10)15/h1-6,9,18H,7-8H2. The zero-order valence-electron chi connectivity index (χ0n) is 9.66. The summed E-state index contributed by atoms with van der Waals surface area (Å²) in [6, 6.07) is 12.4. The van der Waals surface area contributed by atoms with Crippen molar-refractivity contribution in [2.24, 2.45) is 0 Å². The van der Waals surface area contributed by atoms with Crippen LogP contribution in [0.3, 0.4) is 0 Å². The second kappa shape index (κ2) is 4.18. The van der Waals surface area contributed by atoms with Crippen LogP contribution in [0.4, 0.5) is 4.39 Å². The summed E-state index contributed by atoms with van der Waals surface area (Å²) in [4.78, 5) is 0. The molecule has 1 aliphatic rings. The second-order valence-corrected chi connectivity index (χ2v) is 5.56. The third-order valence-electron chi connectivity index (χ3n) is 3.59. The van der Waals surface area contributed by atoms with E-state index >= 15 is 0 Å². The lowest BCUT2D eigenvalue weighted by atomic mass is 9.87. The third kappa shape index (κ3) is 1.70. The van der Waals surface area contributed by atoms with Crippen LogP contribution in [0.5, 0.6) is 0 Å². The molecule has 0 radical (unpaired) electrons. The van der Waals surface area contributed by atoms with Crippen LogP contribution < -0.4 is 0 Å². The lowest BCUT2D eigenvalue weighted by Crippen LogP contribution is -2.25. The molecule has 92 valence electrons. The fourth-order valence-electron chi connectivity index (χ4n) is 2.69. The molecule has 18 heavy (non-hydrogen) atoms. The second-order valence-electron chi connectivity index (χ2n) is 4.64. The van der Waals surface area contributed by atoms with Crippen molar-refractivity contribution in [1.29, 1.82) is 0 Å². The number of hydrogen-bond donors (Lipinski definition) is 1. The first-order chi connectivity index (χ1) is 8.61. The van der Waals surface area contributed by atoms with Crippen LogP contribution in [0, 0.1) is 5.82 Å². The SMILES string of the molecule is OC1(c2cc(Br)ccc2F)CCc2ccccc21. The fraction of sp³-hybridized carbons (Fsp3) is 0.200. The van der Waals surface area contributed by atoms with Crippen LogP contribution in [0.25, 0.3) is 0 Å². The van der Waals surface area contributed by atoms with E-state index in [9.17, 15) is 9.50 Å². The van der Waals surface area contributed by atoms with Crippen LogP contribution in [0.2, 0.25) is 0 Å². The molecule has 0 bridgehead atoms. The van der Waals surface area contributed by atoms with E-state index in [0.717, 1.165) is 22.0 Å². The quantitative estimate of drug-likeness (QED) is 0.850. The zero-order chi connectivity index (χ0) is 12.8. The molecule has 0 fully saturated rings. The molecule has 1 nitrogen and oxygen atoms in total. The van der Waals surface area contributed by atoms with Gasteiger partial charge in [-0.25, -0.2) is 4.39 Å². The molecule has 2 aromatic rings. The molecule has 0 amide bonds. The van der Waals surface area contributed by atoms with Crippen molar-refractivity contribution in [2.45, 2.75) is 18.4 Å². The number of rotatable bonds is 1. The minimum Gasteiger partial charge on any atom is -0.380 e. The minimum atomic E-state index is -1.20. The number of aliphatic hydroxyl groups is 1. The molecule has 1 aliphatic carbocycles. The summed E-state index contributed by atoms with van der Waals surface area (Å²) < 4.78 is 14.8. The predicted molar refractivity (Wildman–Crippen MR) is 71.9 cm³/mol. The summed E-state index contributed by atoms with van der Waals surface area (Å²) in [6.45, 7) is 0. The first kappa shape index (κ1) is 11.9. The van der Waals surface area contributed by atoms with Gasteiger partial charge in [-0.05, 0) is 42.2 Å². The molecule has 3 rings (SSSR count). The van der Waals surface area contributed by atoms with Gasteiger partial charge in [-0.1, -0.05) is 40.2 Å². The minimum absolute atomic E-state index is 0.349. The highest BCUT2D eigenvalue weighted by molar-refractivity contribution is 9.10. The van der Waals surface area contributed by atoms with Gasteiger partial charge in [-0.15, -0.1) is 0 Å². The smallest absolute Gasteiger partial charge is 0.129 e. The maximum Gasteiger partial charge on any atom is 0.129 e. The van der Waals surface area contributed by atoms with E-state index in [-0.39, 0.29) is 5.82 Å². The number of hydrogen-bond acceptors (Lipinski definition) is 1. The summed E-state index contributed by atoms with van der Waals surface area (Å²) in [5.41, 5.74) is 1.06. The summed E-state index contributed by atoms with van der Waals surface area (Å²) in [5, 5.41) is 10.9. The Bertz CT molecular complexity index is 611. The van der Waals surface area contributed by atoms with E-state index in [2.05, 4.69) is 15.9 Å². The lowest BCUT2D eigenvalue weighted by Gasteiger charge is -2.25. The maximum atomic E-state index is 14.0. The van der Waals surface area contributed by atoms with Gasteiger partial charge >= 0.3 is 0 Å². The van der Waals surface area contributed by atoms with Gasteiger partial charge < -0.3 is 5.11 Å². The van der Waals surface area contributed by atoms with Gasteiger partial charge in [-0.2, -0.15) is 0 Å². The Kier molecular flexibility index (Phi) is 2.76. The summed E-state index contributed by atoms with van der Waals surface area (Å²) in [6.07, 6.45) is 1.30. The van der Waals surface area contributed by atoms with Gasteiger partial charge in [0.2, 0.25) is 0 Å². The average molecular weight is 307 g/mol. The number of fused-ring (bicyclic) bond motifs is 1. The molecule has 1 unspecified atom stereocenters. The van der Waals surface area contributed by atoms with Crippen LogP contribution in [-0.2, 0) is 12.0 Å². The van der Waals surface area contributed by atoms with Crippen LogP contribution in [-0.4, -0.2) is 5.11 Å². The van der Waals surface area contributed by atoms with Gasteiger partial charge in [-0.3, -0.25) is 0 Å². The molecule has 3 heteroatoms. The van der Waals surface area contributed by atoms with Crippen molar-refractivity contribution in [3.8, 4) is 0 Å². The molecule has 0 heterocycles. The highest BCUT2D eigenvalue weighted by atomic mass is 79.9.